The van der Waals surface area contributed by atoms with Crippen LogP contribution in [0.2, 0.25) is 0 Å². The van der Waals surface area contributed by atoms with Crippen LogP contribution < -0.4 is 5.32 Å². The molecule has 0 saturated carbocycles. The lowest BCUT2D eigenvalue weighted by atomic mass is 9.96. The van der Waals surface area contributed by atoms with Crippen LogP contribution in [0, 0.1) is 0 Å². The molecule has 0 aromatic heterocycles. The second-order valence-corrected chi connectivity index (χ2v) is 7.81. The summed E-state index contributed by atoms with van der Waals surface area (Å²) in [7, 11) is 0. The zero-order valence-corrected chi connectivity index (χ0v) is 15.8. The van der Waals surface area contributed by atoms with Crippen molar-refractivity contribution >= 4 is 12.2 Å². The molecular formula is C20H25FN2O4. The van der Waals surface area contributed by atoms with Crippen LogP contribution in [-0.2, 0) is 16.1 Å². The normalized spacial score (nSPS) is 24.2. The summed E-state index contributed by atoms with van der Waals surface area (Å²) in [5, 5.41) is 2.59. The van der Waals surface area contributed by atoms with Gasteiger partial charge in [-0.15, -0.1) is 0 Å². The van der Waals surface area contributed by atoms with Gasteiger partial charge in [0.05, 0.1) is 12.1 Å². The molecule has 1 aromatic rings. The molecule has 6 nitrogen and oxygen atoms in total. The van der Waals surface area contributed by atoms with Gasteiger partial charge >= 0.3 is 12.2 Å². The second-order valence-electron chi connectivity index (χ2n) is 7.81. The standard InChI is InChI=1S/C20H25FN2O4/c1-20(2,3)27-19(25)23-14-9-10-16(23)17(21)15(11-14)22-18(24)26-12-13-7-5-4-6-8-13/h4-9,15-17H,10-12H2,1-3H3,(H,22,24)/t15-,16-,17-/m0/s1. The first kappa shape index (κ1) is 19.2. The Labute approximate surface area is 158 Å². The lowest BCUT2D eigenvalue weighted by Crippen LogP contribution is -2.56. The van der Waals surface area contributed by atoms with Gasteiger partial charge < -0.3 is 14.8 Å². The van der Waals surface area contributed by atoms with Gasteiger partial charge in [0.1, 0.15) is 18.4 Å². The third-order valence-corrected chi connectivity index (χ3v) is 4.52. The van der Waals surface area contributed by atoms with E-state index < -0.39 is 36.0 Å². The van der Waals surface area contributed by atoms with Gasteiger partial charge in [0.2, 0.25) is 0 Å². The number of nitrogens with one attached hydrogen (secondary N) is 1. The fraction of sp³-hybridized carbons (Fsp3) is 0.500. The molecule has 1 aromatic carbocycles. The van der Waals surface area contributed by atoms with Crippen LogP contribution in [-0.4, -0.2) is 40.9 Å². The van der Waals surface area contributed by atoms with Crippen LogP contribution >= 0.6 is 0 Å². The van der Waals surface area contributed by atoms with Gasteiger partial charge in [-0.05, 0) is 32.8 Å². The minimum Gasteiger partial charge on any atom is -0.445 e. The third-order valence-electron chi connectivity index (χ3n) is 4.52. The molecular weight excluding hydrogens is 351 g/mol. The Bertz CT molecular complexity index is 729. The Morgan fingerprint density at radius 1 is 1.26 bits per heavy atom. The van der Waals surface area contributed by atoms with E-state index in [0.717, 1.165) is 5.56 Å². The van der Waals surface area contributed by atoms with Crippen LogP contribution in [0.1, 0.15) is 39.2 Å². The maximum absolute atomic E-state index is 15.0. The molecule has 7 heteroatoms. The second kappa shape index (κ2) is 7.58. The highest BCUT2D eigenvalue weighted by Crippen LogP contribution is 2.37. The van der Waals surface area contributed by atoms with Crippen molar-refractivity contribution in [2.75, 3.05) is 0 Å². The summed E-state index contributed by atoms with van der Waals surface area (Å²) in [6, 6.07) is 7.87. The van der Waals surface area contributed by atoms with Gasteiger partial charge in [0, 0.05) is 12.1 Å². The molecule has 0 unspecified atom stereocenters. The number of piperidine rings is 1. The number of ether oxygens (including phenoxy) is 2. The zero-order valence-electron chi connectivity index (χ0n) is 15.8. The molecule has 3 atom stereocenters. The molecule has 2 heterocycles. The van der Waals surface area contributed by atoms with Crippen molar-refractivity contribution in [2.24, 2.45) is 0 Å². The predicted molar refractivity (Wildman–Crippen MR) is 97.6 cm³/mol. The Hall–Kier alpha value is -2.57. The Morgan fingerprint density at radius 3 is 2.63 bits per heavy atom. The van der Waals surface area contributed by atoms with E-state index >= 15 is 0 Å². The number of fused-ring (bicyclic) bond motifs is 2. The molecule has 27 heavy (non-hydrogen) atoms. The molecule has 146 valence electrons. The number of amides is 2. The highest BCUT2D eigenvalue weighted by Gasteiger charge is 2.47. The zero-order chi connectivity index (χ0) is 19.6. The molecule has 3 rings (SSSR count). The molecule has 0 aliphatic carbocycles. The van der Waals surface area contributed by atoms with Crippen molar-refractivity contribution < 1.29 is 23.5 Å². The minimum absolute atomic E-state index is 0.118. The SMILES string of the molecule is CC(C)(C)OC(=O)N1C2=CC[C@H]1[C@@H](F)[C@@H](NC(=O)OCc1ccccc1)C2. The van der Waals surface area contributed by atoms with Crippen molar-refractivity contribution in [3.63, 3.8) is 0 Å². The summed E-state index contributed by atoms with van der Waals surface area (Å²) in [5.41, 5.74) is 0.877. The number of benzene rings is 1. The molecule has 2 amide bonds. The molecule has 2 aliphatic heterocycles. The number of hydrogen-bond donors (Lipinski definition) is 1. The van der Waals surface area contributed by atoms with Crippen molar-refractivity contribution in [2.45, 2.75) is 64.1 Å². The van der Waals surface area contributed by atoms with Gasteiger partial charge in [0.15, 0.2) is 0 Å². The van der Waals surface area contributed by atoms with E-state index in [1.165, 1.54) is 4.90 Å². The number of carbonyl (C=O) groups is 2. The number of carbonyl (C=O) groups excluding carboxylic acids is 2. The summed E-state index contributed by atoms with van der Waals surface area (Å²) in [4.78, 5) is 25.8. The molecule has 1 fully saturated rings. The molecule has 2 aliphatic rings. The van der Waals surface area contributed by atoms with Crippen LogP contribution in [0.25, 0.3) is 0 Å². The van der Waals surface area contributed by atoms with E-state index in [4.69, 9.17) is 9.47 Å². The first-order valence-corrected chi connectivity index (χ1v) is 9.07. The number of alkyl halides is 1. The van der Waals surface area contributed by atoms with Crippen molar-refractivity contribution in [3.05, 3.63) is 47.7 Å². The molecule has 0 radical (unpaired) electrons. The van der Waals surface area contributed by atoms with Crippen LogP contribution in [0.3, 0.4) is 0 Å². The van der Waals surface area contributed by atoms with Gasteiger partial charge in [0.25, 0.3) is 0 Å². The average Bonchev–Trinajstić information content (AvgIpc) is 2.95. The molecule has 1 saturated heterocycles. The van der Waals surface area contributed by atoms with Crippen LogP contribution in [0.5, 0.6) is 0 Å². The van der Waals surface area contributed by atoms with E-state index in [9.17, 15) is 14.0 Å². The highest BCUT2D eigenvalue weighted by molar-refractivity contribution is 5.73. The van der Waals surface area contributed by atoms with Crippen LogP contribution in [0.4, 0.5) is 14.0 Å². The average molecular weight is 376 g/mol. The quantitative estimate of drug-likeness (QED) is 0.868. The lowest BCUT2D eigenvalue weighted by Gasteiger charge is -2.39. The fourth-order valence-electron chi connectivity index (χ4n) is 3.34. The predicted octanol–water partition coefficient (Wildman–Crippen LogP) is 3.92. The van der Waals surface area contributed by atoms with Gasteiger partial charge in [-0.2, -0.15) is 0 Å². The van der Waals surface area contributed by atoms with Crippen molar-refractivity contribution in [1.29, 1.82) is 0 Å². The maximum atomic E-state index is 15.0. The molecule has 0 spiro atoms. The Morgan fingerprint density at radius 2 is 1.96 bits per heavy atom. The summed E-state index contributed by atoms with van der Waals surface area (Å²) < 4.78 is 25.5. The van der Waals surface area contributed by atoms with Crippen molar-refractivity contribution in [3.8, 4) is 0 Å². The van der Waals surface area contributed by atoms with Gasteiger partial charge in [-0.3, -0.25) is 4.90 Å². The van der Waals surface area contributed by atoms with E-state index in [0.29, 0.717) is 12.1 Å². The minimum atomic E-state index is -1.40. The first-order chi connectivity index (χ1) is 12.7. The molecule has 1 N–H and O–H groups in total. The van der Waals surface area contributed by atoms with E-state index in [2.05, 4.69) is 5.32 Å². The monoisotopic (exact) mass is 376 g/mol. The number of nitrogens with zero attached hydrogens (tertiary/aromatic N) is 1. The molecule has 2 bridgehead atoms. The largest absolute Gasteiger partial charge is 0.445 e. The Balaban J connectivity index is 1.57. The topological polar surface area (TPSA) is 67.9 Å². The van der Waals surface area contributed by atoms with E-state index in [1.54, 1.807) is 20.8 Å². The lowest BCUT2D eigenvalue weighted by molar-refractivity contribution is 0.00729. The van der Waals surface area contributed by atoms with Gasteiger partial charge in [-0.1, -0.05) is 36.4 Å². The summed E-state index contributed by atoms with van der Waals surface area (Å²) in [6.45, 7) is 5.42. The van der Waals surface area contributed by atoms with E-state index in [1.807, 2.05) is 36.4 Å². The first-order valence-electron chi connectivity index (χ1n) is 9.07. The summed E-state index contributed by atoms with van der Waals surface area (Å²) in [6.07, 6.45) is -0.159. The smallest absolute Gasteiger partial charge is 0.414 e. The van der Waals surface area contributed by atoms with Crippen molar-refractivity contribution in [1.82, 2.24) is 10.2 Å². The third kappa shape index (κ3) is 4.59. The summed E-state index contributed by atoms with van der Waals surface area (Å²) >= 11 is 0. The number of rotatable bonds is 3. The fourth-order valence-corrected chi connectivity index (χ4v) is 3.34. The number of hydrogen-bond acceptors (Lipinski definition) is 4. The maximum Gasteiger partial charge on any atom is 0.414 e. The van der Waals surface area contributed by atoms with Gasteiger partial charge in [-0.25, -0.2) is 14.0 Å². The summed E-state index contributed by atoms with van der Waals surface area (Å²) in [5.74, 6) is 0. The number of alkyl carbamates (subject to hydrolysis) is 1. The highest BCUT2D eigenvalue weighted by atomic mass is 19.1. The number of halogens is 1. The van der Waals surface area contributed by atoms with E-state index in [-0.39, 0.29) is 13.0 Å². The Kier molecular flexibility index (Phi) is 5.39. The van der Waals surface area contributed by atoms with Crippen LogP contribution in [0.15, 0.2) is 42.1 Å².